The number of aliphatic hydroxyl groups is 1. The zero-order valence-electron chi connectivity index (χ0n) is 12.7. The van der Waals surface area contributed by atoms with Crippen molar-refractivity contribution >= 4 is 6.21 Å². The van der Waals surface area contributed by atoms with Crippen LogP contribution in [0.2, 0.25) is 0 Å². The summed E-state index contributed by atoms with van der Waals surface area (Å²) in [7, 11) is 0. The summed E-state index contributed by atoms with van der Waals surface area (Å²) in [6.07, 6.45) is 5.51. The maximum Gasteiger partial charge on any atom is 0.215 e. The van der Waals surface area contributed by atoms with E-state index < -0.39 is 0 Å². The molecular formula is C13H22N8O2. The van der Waals surface area contributed by atoms with Crippen molar-refractivity contribution in [2.75, 3.05) is 33.0 Å². The second-order valence-corrected chi connectivity index (χ2v) is 4.85. The molecule has 0 aromatic heterocycles. The summed E-state index contributed by atoms with van der Waals surface area (Å²) < 4.78 is 5.35. The average molecular weight is 322 g/mol. The number of nitrogens with zero attached hydrogens (tertiary/aromatic N) is 2. The van der Waals surface area contributed by atoms with Crippen LogP contribution in [0.15, 0.2) is 41.0 Å². The zero-order valence-corrected chi connectivity index (χ0v) is 12.7. The quantitative estimate of drug-likeness (QED) is 0.194. The third-order valence-electron chi connectivity index (χ3n) is 3.39. The molecule has 7 N–H and O–H groups in total. The maximum atomic E-state index is 10.1. The molecule has 0 aromatic rings. The third-order valence-corrected chi connectivity index (χ3v) is 3.39. The number of hydrogen-bond acceptors (Lipinski definition) is 10. The Labute approximate surface area is 134 Å². The molecule has 0 aliphatic carbocycles. The lowest BCUT2D eigenvalue weighted by Gasteiger charge is -2.36. The van der Waals surface area contributed by atoms with Gasteiger partial charge in [-0.1, -0.05) is 0 Å². The van der Waals surface area contributed by atoms with Crippen LogP contribution in [-0.4, -0.2) is 55.4 Å². The van der Waals surface area contributed by atoms with E-state index in [1.165, 1.54) is 12.4 Å². The Morgan fingerprint density at radius 3 is 2.96 bits per heavy atom. The molecule has 2 rings (SSSR count). The predicted molar refractivity (Wildman–Crippen MR) is 84.4 cm³/mol. The minimum Gasteiger partial charge on any atom is -0.493 e. The van der Waals surface area contributed by atoms with Crippen molar-refractivity contribution in [2.24, 2.45) is 5.11 Å². The number of allylic oxidation sites excluding steroid dienone is 1. The molecule has 10 heteroatoms. The number of ether oxygens (including phenoxy) is 1. The molecule has 0 amide bonds. The highest BCUT2D eigenvalue weighted by molar-refractivity contribution is 5.75. The first-order chi connectivity index (χ1) is 11.2. The van der Waals surface area contributed by atoms with Gasteiger partial charge in [-0.3, -0.25) is 10.2 Å². The smallest absolute Gasteiger partial charge is 0.215 e. The molecule has 0 bridgehead atoms. The van der Waals surface area contributed by atoms with E-state index in [0.717, 1.165) is 19.3 Å². The van der Waals surface area contributed by atoms with Crippen LogP contribution < -0.4 is 21.3 Å². The van der Waals surface area contributed by atoms with Gasteiger partial charge in [0, 0.05) is 25.5 Å². The minimum absolute atomic E-state index is 0.0499. The van der Waals surface area contributed by atoms with Gasteiger partial charge in [-0.2, -0.15) is 5.11 Å². The van der Waals surface area contributed by atoms with E-state index in [4.69, 9.17) is 15.7 Å². The van der Waals surface area contributed by atoms with Crippen molar-refractivity contribution in [3.05, 3.63) is 35.9 Å². The number of morpholine rings is 1. The Balaban J connectivity index is 2.01. The second kappa shape index (κ2) is 8.88. The standard InChI is InChI=1S/C13H22N8O2/c14-8-10(16-1-2-19-15)13(22)20-11-7-12(18-9-17-11)21-3-5-23-6-4-21/h1-2,7-8,12,14-18,20,22H,3-6,9H2/b2-1-,13-10-,14-8?,19-15?. The molecule has 10 nitrogen and oxygen atoms in total. The van der Waals surface area contributed by atoms with Gasteiger partial charge in [0.25, 0.3) is 0 Å². The molecule has 2 aliphatic rings. The van der Waals surface area contributed by atoms with E-state index in [0.29, 0.717) is 25.7 Å². The molecule has 1 saturated heterocycles. The molecule has 0 radical (unpaired) electrons. The van der Waals surface area contributed by atoms with Crippen molar-refractivity contribution in [1.82, 2.24) is 26.2 Å². The fourth-order valence-electron chi connectivity index (χ4n) is 2.24. The fourth-order valence-corrected chi connectivity index (χ4v) is 2.24. The summed E-state index contributed by atoms with van der Waals surface area (Å²) in [6.45, 7) is 3.67. The molecule has 23 heavy (non-hydrogen) atoms. The molecule has 126 valence electrons. The first-order valence-electron chi connectivity index (χ1n) is 7.24. The van der Waals surface area contributed by atoms with Gasteiger partial charge >= 0.3 is 0 Å². The van der Waals surface area contributed by atoms with Gasteiger partial charge in [0.05, 0.1) is 32.2 Å². The van der Waals surface area contributed by atoms with Crippen molar-refractivity contribution in [2.45, 2.75) is 6.17 Å². The van der Waals surface area contributed by atoms with E-state index in [2.05, 4.69) is 31.3 Å². The van der Waals surface area contributed by atoms with Crippen molar-refractivity contribution in [3.8, 4) is 0 Å². The van der Waals surface area contributed by atoms with Gasteiger partial charge in [0.1, 0.15) is 11.5 Å². The van der Waals surface area contributed by atoms with Crippen LogP contribution in [0.5, 0.6) is 0 Å². The van der Waals surface area contributed by atoms with E-state index >= 15 is 0 Å². The molecule has 1 atom stereocenters. The Morgan fingerprint density at radius 2 is 2.26 bits per heavy atom. The van der Waals surface area contributed by atoms with Gasteiger partial charge in [0.15, 0.2) is 0 Å². The molecule has 1 fully saturated rings. The topological polar surface area (TPSA) is 141 Å². The Bertz CT molecular complexity index is 510. The van der Waals surface area contributed by atoms with Crippen molar-refractivity contribution in [3.63, 3.8) is 0 Å². The fraction of sp³-hybridized carbons (Fsp3) is 0.462. The molecule has 2 heterocycles. The zero-order chi connectivity index (χ0) is 16.5. The number of hydrogen-bond donors (Lipinski definition) is 7. The van der Waals surface area contributed by atoms with Gasteiger partial charge in [0.2, 0.25) is 5.88 Å². The van der Waals surface area contributed by atoms with Gasteiger partial charge in [-0.05, 0) is 6.08 Å². The summed E-state index contributed by atoms with van der Waals surface area (Å²) in [5, 5.41) is 32.3. The van der Waals surface area contributed by atoms with Crippen LogP contribution in [0.1, 0.15) is 0 Å². The number of rotatable bonds is 7. The van der Waals surface area contributed by atoms with Crippen LogP contribution in [-0.2, 0) is 4.74 Å². The summed E-state index contributed by atoms with van der Waals surface area (Å²) in [5.74, 6) is 0.448. The molecule has 2 aliphatic heterocycles. The van der Waals surface area contributed by atoms with Gasteiger partial charge in [-0.15, -0.1) is 0 Å². The second-order valence-electron chi connectivity index (χ2n) is 4.85. The summed E-state index contributed by atoms with van der Waals surface area (Å²) >= 11 is 0. The normalized spacial score (nSPS) is 23.5. The minimum atomic E-state index is -0.198. The van der Waals surface area contributed by atoms with Crippen molar-refractivity contribution < 1.29 is 9.84 Å². The maximum absolute atomic E-state index is 10.1. The summed E-state index contributed by atoms with van der Waals surface area (Å²) in [6, 6.07) is 0. The highest BCUT2D eigenvalue weighted by Crippen LogP contribution is 2.07. The van der Waals surface area contributed by atoms with Gasteiger partial charge in [-0.25, -0.2) is 5.53 Å². The number of aliphatic hydroxyl groups excluding tert-OH is 1. The Kier molecular flexibility index (Phi) is 6.54. The lowest BCUT2D eigenvalue weighted by Crippen LogP contribution is -2.55. The lowest BCUT2D eigenvalue weighted by molar-refractivity contribution is 0.0176. The van der Waals surface area contributed by atoms with E-state index in [1.54, 1.807) is 0 Å². The van der Waals surface area contributed by atoms with Crippen LogP contribution in [0.25, 0.3) is 0 Å². The number of nitrogens with one attached hydrogen (secondary N) is 6. The summed E-state index contributed by atoms with van der Waals surface area (Å²) in [4.78, 5) is 2.25. The molecule has 0 spiro atoms. The highest BCUT2D eigenvalue weighted by Gasteiger charge is 2.22. The highest BCUT2D eigenvalue weighted by atomic mass is 16.5. The molecule has 0 saturated carbocycles. The van der Waals surface area contributed by atoms with Crippen LogP contribution in [0, 0.1) is 10.9 Å². The van der Waals surface area contributed by atoms with Gasteiger partial charge < -0.3 is 31.2 Å². The van der Waals surface area contributed by atoms with Crippen molar-refractivity contribution in [1.29, 1.82) is 10.9 Å². The van der Waals surface area contributed by atoms with E-state index in [1.807, 2.05) is 6.08 Å². The molecule has 1 unspecified atom stereocenters. The average Bonchev–Trinajstić information content (AvgIpc) is 2.60. The predicted octanol–water partition coefficient (Wildman–Crippen LogP) is -0.306. The largest absolute Gasteiger partial charge is 0.493 e. The third kappa shape index (κ3) is 5.06. The molecule has 0 aromatic carbocycles. The first kappa shape index (κ1) is 16.9. The summed E-state index contributed by atoms with van der Waals surface area (Å²) in [5.41, 5.74) is 6.80. The van der Waals surface area contributed by atoms with E-state index in [-0.39, 0.29) is 17.7 Å². The van der Waals surface area contributed by atoms with E-state index in [9.17, 15) is 5.11 Å². The molecular weight excluding hydrogens is 300 g/mol. The van der Waals surface area contributed by atoms with Crippen LogP contribution in [0.4, 0.5) is 0 Å². The first-order valence-corrected chi connectivity index (χ1v) is 7.24. The van der Waals surface area contributed by atoms with Crippen LogP contribution >= 0.6 is 0 Å². The van der Waals surface area contributed by atoms with Crippen LogP contribution in [0.3, 0.4) is 0 Å². The lowest BCUT2D eigenvalue weighted by atomic mass is 10.3. The monoisotopic (exact) mass is 322 g/mol. The Hall–Kier alpha value is -2.43. The Morgan fingerprint density at radius 1 is 1.48 bits per heavy atom. The SMILES string of the molecule is N=C/C(N/C=C\N=N)=C(/O)NC1=CC(N2CCOCC2)NCN1.